The SMILES string of the molecule is CO[C@]1(CC[C@H](C)CO[C@@H]2O[C@H](CO)[C@@H](O)[C@H](O)[C@H]2O)O[C@H]2CC3[C@@H]4CC=C5C[C@@H](O[C@@H]6O[C@H](CO)[C@@H](O[C@@H]7O[C@@H](C)[C@H](O)[C@@H](O)[C@H]7O)[C@H](O)[C@H]6O[C@@H]6O[C@@H](C)[C@H](O)[C@@H](O)[C@H]6O)CC[C@]5(C)[C@H]4CC[C@]3(C)[C@H]2[C@@H]1C. The highest BCUT2D eigenvalue weighted by molar-refractivity contribution is 5.26. The molecule has 22 heteroatoms. The van der Waals surface area contributed by atoms with Gasteiger partial charge in [-0.15, -0.1) is 0 Å². The van der Waals surface area contributed by atoms with Crippen LogP contribution >= 0.6 is 0 Å². The molecular formula is C52H86O22. The van der Waals surface area contributed by atoms with Gasteiger partial charge in [0.25, 0.3) is 0 Å². The Morgan fingerprint density at radius 1 is 0.649 bits per heavy atom. The molecule has 5 saturated heterocycles. The van der Waals surface area contributed by atoms with E-state index in [-0.39, 0.29) is 41.3 Å². The van der Waals surface area contributed by atoms with Crippen LogP contribution in [0.1, 0.15) is 99.3 Å². The minimum atomic E-state index is -1.74. The maximum absolute atomic E-state index is 12.1. The summed E-state index contributed by atoms with van der Waals surface area (Å²) in [5.74, 6) is 0.884. The zero-order valence-corrected chi connectivity index (χ0v) is 43.7. The van der Waals surface area contributed by atoms with Crippen LogP contribution in [-0.4, -0.2) is 229 Å². The third-order valence-corrected chi connectivity index (χ3v) is 19.8. The van der Waals surface area contributed by atoms with Gasteiger partial charge in [0, 0.05) is 19.4 Å². The van der Waals surface area contributed by atoms with Gasteiger partial charge in [-0.25, -0.2) is 0 Å². The molecule has 0 aromatic heterocycles. The highest BCUT2D eigenvalue weighted by atomic mass is 16.8. The molecule has 1 unspecified atom stereocenters. The number of ether oxygens (including phenoxy) is 10. The molecule has 0 bridgehead atoms. The molecule has 0 amide bonds. The molecule has 5 aliphatic heterocycles. The van der Waals surface area contributed by atoms with E-state index in [4.69, 9.17) is 47.4 Å². The zero-order chi connectivity index (χ0) is 53.5. The van der Waals surface area contributed by atoms with Crippen molar-refractivity contribution in [2.75, 3.05) is 26.9 Å². The maximum Gasteiger partial charge on any atom is 0.187 e. The molecule has 8 fully saturated rings. The standard InChI is InChI=1S/C52H86O22/c1-21(20-66-46-40(61)39(60)36(57)31(18-53)70-46)10-15-52(65-7)22(2)33-30(74-52)17-29-27-9-8-25-16-26(11-13-50(25,5)28(27)12-14-51(29,33)6)69-49-45(73-48-42(63)38(59)35(56)24(4)68-48)43(64)44(32(19-54)71-49)72-47-41(62)37(58)34(55)23(3)67-47/h8,21-24,26-49,53-64H,9-20H2,1-7H3/t21-,22-,23-,24-,26-,27+,28-,29?,30-,31+,32+,33-,34-,35-,36+,37+,38+,39-,40+,41+,42+,43-,44+,45+,46+,47-,48-,49+,50-,51-,52+/m0/s1. The van der Waals surface area contributed by atoms with Crippen LogP contribution in [0.3, 0.4) is 0 Å². The lowest BCUT2D eigenvalue weighted by atomic mass is 9.47. The van der Waals surface area contributed by atoms with Crippen molar-refractivity contribution in [2.45, 2.75) is 240 Å². The predicted octanol–water partition coefficient (Wildman–Crippen LogP) is -1.33. The molecule has 0 spiro atoms. The summed E-state index contributed by atoms with van der Waals surface area (Å²) in [4.78, 5) is 0. The number of hydrogen-bond donors (Lipinski definition) is 12. The average molecular weight is 1060 g/mol. The molecule has 0 radical (unpaired) electrons. The average Bonchev–Trinajstić information content (AvgIpc) is 3.84. The van der Waals surface area contributed by atoms with Gasteiger partial charge in [0.15, 0.2) is 30.9 Å². The van der Waals surface area contributed by atoms with Gasteiger partial charge in [-0.1, -0.05) is 39.3 Å². The first-order valence-electron chi connectivity index (χ1n) is 27.2. The lowest BCUT2D eigenvalue weighted by Gasteiger charge is -2.58. The molecule has 22 nitrogen and oxygen atoms in total. The van der Waals surface area contributed by atoms with Crippen molar-refractivity contribution in [3.8, 4) is 0 Å². The number of aliphatic hydroxyl groups is 12. The van der Waals surface area contributed by atoms with E-state index in [1.807, 2.05) is 6.92 Å². The van der Waals surface area contributed by atoms with Gasteiger partial charge in [0.1, 0.15) is 85.5 Å². The molecule has 74 heavy (non-hydrogen) atoms. The van der Waals surface area contributed by atoms with Crippen LogP contribution in [0.5, 0.6) is 0 Å². The topological polar surface area (TPSA) is 335 Å². The fourth-order valence-corrected chi connectivity index (χ4v) is 15.3. The first-order chi connectivity index (χ1) is 35.0. The Kier molecular flexibility index (Phi) is 17.4. The summed E-state index contributed by atoms with van der Waals surface area (Å²) in [6, 6.07) is 0. The molecule has 3 saturated carbocycles. The minimum absolute atomic E-state index is 0.00465. The van der Waals surface area contributed by atoms with Crippen molar-refractivity contribution < 1.29 is 109 Å². The van der Waals surface area contributed by atoms with Crippen LogP contribution in [0.15, 0.2) is 11.6 Å². The Morgan fingerprint density at radius 3 is 1.86 bits per heavy atom. The number of rotatable bonds is 15. The molecule has 12 N–H and O–H groups in total. The summed E-state index contributed by atoms with van der Waals surface area (Å²) in [6.07, 6.45) is -19.4. The third-order valence-electron chi connectivity index (χ3n) is 19.8. The first-order valence-corrected chi connectivity index (χ1v) is 27.2. The summed E-state index contributed by atoms with van der Waals surface area (Å²) < 4.78 is 61.5. The molecule has 31 atom stereocenters. The minimum Gasteiger partial charge on any atom is -0.394 e. The third kappa shape index (κ3) is 10.1. The molecule has 0 aromatic carbocycles. The molecule has 0 aromatic rings. The molecule has 9 rings (SSSR count). The van der Waals surface area contributed by atoms with E-state index in [0.29, 0.717) is 43.4 Å². The zero-order valence-electron chi connectivity index (χ0n) is 43.7. The van der Waals surface area contributed by atoms with E-state index >= 15 is 0 Å². The quantitative estimate of drug-likeness (QED) is 0.0846. The lowest BCUT2D eigenvalue weighted by molar-refractivity contribution is -0.388. The van der Waals surface area contributed by atoms with Gasteiger partial charge < -0.3 is 109 Å². The van der Waals surface area contributed by atoms with E-state index in [9.17, 15) is 61.3 Å². The van der Waals surface area contributed by atoms with E-state index in [0.717, 1.165) is 32.1 Å². The molecule has 5 heterocycles. The van der Waals surface area contributed by atoms with E-state index in [2.05, 4.69) is 26.8 Å². The van der Waals surface area contributed by atoms with Crippen LogP contribution in [-0.2, 0) is 47.4 Å². The van der Waals surface area contributed by atoms with E-state index in [1.54, 1.807) is 7.11 Å². The predicted molar refractivity (Wildman–Crippen MR) is 254 cm³/mol. The summed E-state index contributed by atoms with van der Waals surface area (Å²) in [5, 5.41) is 127. The second-order valence-electron chi connectivity index (χ2n) is 24.0. The smallest absolute Gasteiger partial charge is 0.187 e. The number of fused-ring (bicyclic) bond motifs is 7. The van der Waals surface area contributed by atoms with Crippen LogP contribution < -0.4 is 0 Å². The lowest BCUT2D eigenvalue weighted by Crippen LogP contribution is -2.66. The number of allylic oxidation sites excluding steroid dienone is 1. The fourth-order valence-electron chi connectivity index (χ4n) is 15.3. The second kappa shape index (κ2) is 22.4. The van der Waals surface area contributed by atoms with Gasteiger partial charge in [0.2, 0.25) is 0 Å². The second-order valence-corrected chi connectivity index (χ2v) is 24.0. The Hall–Kier alpha value is -1.14. The van der Waals surface area contributed by atoms with Crippen molar-refractivity contribution in [3.05, 3.63) is 11.6 Å². The summed E-state index contributed by atoms with van der Waals surface area (Å²) in [6.45, 7) is 11.1. The summed E-state index contributed by atoms with van der Waals surface area (Å²) >= 11 is 0. The Balaban J connectivity index is 0.854. The molecule has 9 aliphatic rings. The number of hydrogen-bond acceptors (Lipinski definition) is 22. The van der Waals surface area contributed by atoms with Crippen molar-refractivity contribution in [2.24, 2.45) is 46.3 Å². The van der Waals surface area contributed by atoms with Crippen molar-refractivity contribution in [1.29, 1.82) is 0 Å². The van der Waals surface area contributed by atoms with Crippen molar-refractivity contribution >= 4 is 0 Å². The van der Waals surface area contributed by atoms with Gasteiger partial charge in [0.05, 0.1) is 44.2 Å². The van der Waals surface area contributed by atoms with Gasteiger partial charge >= 0.3 is 0 Å². The Labute approximate surface area is 432 Å². The van der Waals surface area contributed by atoms with Crippen LogP contribution in [0, 0.1) is 46.3 Å². The fraction of sp³-hybridized carbons (Fsp3) is 0.962. The monoisotopic (exact) mass is 1060 g/mol. The summed E-state index contributed by atoms with van der Waals surface area (Å²) in [5.41, 5.74) is 1.19. The number of aliphatic hydroxyl groups excluding tert-OH is 12. The highest BCUT2D eigenvalue weighted by Gasteiger charge is 2.68. The normalized spacial score (nSPS) is 54.9. The van der Waals surface area contributed by atoms with E-state index in [1.165, 1.54) is 19.4 Å². The number of methoxy groups -OCH3 is 1. The highest BCUT2D eigenvalue weighted by Crippen LogP contribution is 2.70. The van der Waals surface area contributed by atoms with Crippen LogP contribution in [0.4, 0.5) is 0 Å². The van der Waals surface area contributed by atoms with Gasteiger partial charge in [-0.2, -0.15) is 0 Å². The Morgan fingerprint density at radius 2 is 1.24 bits per heavy atom. The molecular weight excluding hydrogens is 977 g/mol. The Bertz CT molecular complexity index is 1920. The first kappa shape index (κ1) is 57.5. The maximum atomic E-state index is 12.1. The van der Waals surface area contributed by atoms with Crippen molar-refractivity contribution in [1.82, 2.24) is 0 Å². The van der Waals surface area contributed by atoms with Gasteiger partial charge in [-0.3, -0.25) is 0 Å². The molecule has 4 aliphatic carbocycles. The van der Waals surface area contributed by atoms with Gasteiger partial charge in [-0.05, 0) is 106 Å². The van der Waals surface area contributed by atoms with Crippen LogP contribution in [0.2, 0.25) is 0 Å². The molecule has 426 valence electrons. The largest absolute Gasteiger partial charge is 0.394 e. The van der Waals surface area contributed by atoms with Crippen molar-refractivity contribution in [3.63, 3.8) is 0 Å². The van der Waals surface area contributed by atoms with Crippen LogP contribution in [0.25, 0.3) is 0 Å². The summed E-state index contributed by atoms with van der Waals surface area (Å²) in [7, 11) is 1.72. The van der Waals surface area contributed by atoms with E-state index < -0.39 is 148 Å².